The number of nitrogens with two attached hydrogens (primary N) is 1. The number of nitrogens with one attached hydrogen (secondary N) is 1. The molecule has 1 aromatic carbocycles. The Hall–Kier alpha value is -2.61. The summed E-state index contributed by atoms with van der Waals surface area (Å²) in [4.78, 5) is 16.2. The average Bonchev–Trinajstić information content (AvgIpc) is 2.89. The quantitative estimate of drug-likeness (QED) is 0.702. The van der Waals surface area contributed by atoms with Crippen LogP contribution in [0.15, 0.2) is 23.7 Å². The van der Waals surface area contributed by atoms with Gasteiger partial charge in [0.05, 0.1) is 19.2 Å². The molecule has 0 radical (unpaired) electrons. The van der Waals surface area contributed by atoms with Gasteiger partial charge in [-0.3, -0.25) is 4.79 Å². The molecule has 1 fully saturated rings. The molecule has 2 aliphatic rings. The average molecular weight is 391 g/mol. The summed E-state index contributed by atoms with van der Waals surface area (Å²) in [6, 6.07) is 2.78. The number of methoxy groups -OCH3 is 1. The Labute approximate surface area is 163 Å². The fourth-order valence-corrected chi connectivity index (χ4v) is 3.71. The summed E-state index contributed by atoms with van der Waals surface area (Å²) in [5.41, 5.74) is 6.88. The largest absolute Gasteiger partial charge is 0.496 e. The van der Waals surface area contributed by atoms with Crippen LogP contribution in [0.3, 0.4) is 0 Å². The first-order chi connectivity index (χ1) is 13.2. The number of carbonyl (C=O) groups excluding carboxylic acids is 1. The molecule has 4 N–H and O–H groups in total. The number of benzene rings is 1. The third-order valence-electron chi connectivity index (χ3n) is 5.40. The zero-order valence-corrected chi connectivity index (χ0v) is 16.3. The first kappa shape index (κ1) is 20.1. The Balaban J connectivity index is 1.88. The minimum absolute atomic E-state index is 0.0352. The van der Waals surface area contributed by atoms with E-state index in [1.807, 2.05) is 13.0 Å². The normalized spacial score (nSPS) is 29.0. The molecule has 4 atom stereocenters. The molecule has 0 saturated carbocycles. The zero-order valence-electron chi connectivity index (χ0n) is 16.3. The molecule has 7 nitrogen and oxygen atoms in total. The van der Waals surface area contributed by atoms with Gasteiger partial charge in [0.2, 0.25) is 12.1 Å². The van der Waals surface area contributed by atoms with E-state index in [9.17, 15) is 14.3 Å². The molecule has 0 aliphatic carbocycles. The third kappa shape index (κ3) is 3.32. The van der Waals surface area contributed by atoms with Crippen molar-refractivity contribution in [2.24, 2.45) is 10.7 Å². The molecule has 2 aliphatic heterocycles. The molecule has 0 bridgehead atoms. The highest BCUT2D eigenvalue weighted by molar-refractivity contribution is 5.98. The van der Waals surface area contributed by atoms with Crippen molar-refractivity contribution in [1.29, 1.82) is 0 Å². The van der Waals surface area contributed by atoms with Crippen molar-refractivity contribution in [3.63, 3.8) is 0 Å². The van der Waals surface area contributed by atoms with Gasteiger partial charge in [-0.15, -0.1) is 0 Å². The predicted molar refractivity (Wildman–Crippen MR) is 104 cm³/mol. The van der Waals surface area contributed by atoms with Gasteiger partial charge in [-0.05, 0) is 37.5 Å². The van der Waals surface area contributed by atoms with Crippen molar-refractivity contribution in [1.82, 2.24) is 5.32 Å². The number of hydrogen-bond donors (Lipinski definition) is 3. The van der Waals surface area contributed by atoms with Crippen LogP contribution in [0.1, 0.15) is 37.0 Å². The Kier molecular flexibility index (Phi) is 5.34. The number of rotatable bonds is 5. The lowest BCUT2D eigenvalue weighted by atomic mass is 9.90. The number of nitrogens with zero attached hydrogens (tertiary/aromatic N) is 1. The fourth-order valence-electron chi connectivity index (χ4n) is 3.71. The van der Waals surface area contributed by atoms with E-state index < -0.39 is 23.7 Å². The van der Waals surface area contributed by atoms with Crippen LogP contribution in [0.2, 0.25) is 0 Å². The maximum atomic E-state index is 14.1. The highest BCUT2D eigenvalue weighted by Crippen LogP contribution is 2.32. The SMILES string of the molecule is C=C(N)c1cc2c(cc1OC)C(OC[C@H]1NC(=O)[C@@H](F)[C@@]1(O)CC)=NC(C)C2. The summed E-state index contributed by atoms with van der Waals surface area (Å²) < 4.78 is 25.4. The molecule has 1 saturated heterocycles. The van der Waals surface area contributed by atoms with E-state index in [0.29, 0.717) is 29.3 Å². The lowest BCUT2D eigenvalue weighted by Crippen LogP contribution is -2.49. The second-order valence-electron chi connectivity index (χ2n) is 7.30. The number of hydrogen-bond acceptors (Lipinski definition) is 6. The highest BCUT2D eigenvalue weighted by Gasteiger charge is 2.54. The van der Waals surface area contributed by atoms with E-state index in [0.717, 1.165) is 11.1 Å². The molecule has 152 valence electrons. The standard InChI is InChI=1S/C20H26FN3O4/c1-5-20(26)16(24-18(25)17(20)21)9-28-19-14-8-15(27-4)13(11(3)22)7-12(14)6-10(2)23-19/h7-8,10,16-17,26H,3,5-6,9,22H2,1-2,4H3,(H,24,25)/t10?,16-,17-,20-/m1/s1. The number of aliphatic imine (C=N–C) groups is 1. The summed E-state index contributed by atoms with van der Waals surface area (Å²) in [5.74, 6) is 0.0708. The predicted octanol–water partition coefficient (Wildman–Crippen LogP) is 1.31. The Morgan fingerprint density at radius 3 is 2.86 bits per heavy atom. The van der Waals surface area contributed by atoms with E-state index in [1.54, 1.807) is 13.0 Å². The van der Waals surface area contributed by atoms with Crippen LogP contribution >= 0.6 is 0 Å². The van der Waals surface area contributed by atoms with E-state index in [4.69, 9.17) is 15.2 Å². The maximum absolute atomic E-state index is 14.1. The van der Waals surface area contributed by atoms with Crippen molar-refractivity contribution in [3.8, 4) is 5.75 Å². The topological polar surface area (TPSA) is 106 Å². The summed E-state index contributed by atoms with van der Waals surface area (Å²) in [6.07, 6.45) is -1.21. The minimum Gasteiger partial charge on any atom is -0.496 e. The summed E-state index contributed by atoms with van der Waals surface area (Å²) in [5, 5.41) is 13.0. The van der Waals surface area contributed by atoms with Gasteiger partial charge in [-0.25, -0.2) is 9.38 Å². The van der Waals surface area contributed by atoms with Gasteiger partial charge in [0.15, 0.2) is 0 Å². The molecule has 1 amide bonds. The summed E-state index contributed by atoms with van der Waals surface area (Å²) in [6.45, 7) is 7.26. The van der Waals surface area contributed by atoms with Gasteiger partial charge in [0, 0.05) is 16.8 Å². The van der Waals surface area contributed by atoms with Crippen LogP contribution < -0.4 is 15.8 Å². The van der Waals surface area contributed by atoms with Crippen LogP contribution in [0.5, 0.6) is 5.75 Å². The molecule has 1 unspecified atom stereocenters. The van der Waals surface area contributed by atoms with E-state index in [1.165, 1.54) is 7.11 Å². The molecular weight excluding hydrogens is 365 g/mol. The van der Waals surface area contributed by atoms with Gasteiger partial charge in [-0.1, -0.05) is 13.5 Å². The van der Waals surface area contributed by atoms with E-state index >= 15 is 0 Å². The second kappa shape index (κ2) is 7.43. The number of alkyl halides is 1. The molecule has 3 rings (SSSR count). The summed E-state index contributed by atoms with van der Waals surface area (Å²) in [7, 11) is 1.54. The van der Waals surface area contributed by atoms with Crippen LogP contribution in [-0.4, -0.2) is 54.5 Å². The Morgan fingerprint density at radius 1 is 1.54 bits per heavy atom. The van der Waals surface area contributed by atoms with Crippen LogP contribution in [0.25, 0.3) is 5.70 Å². The van der Waals surface area contributed by atoms with Crippen molar-refractivity contribution in [2.75, 3.05) is 13.7 Å². The molecular formula is C20H26FN3O4. The van der Waals surface area contributed by atoms with Crippen molar-refractivity contribution in [3.05, 3.63) is 35.4 Å². The molecule has 0 spiro atoms. The van der Waals surface area contributed by atoms with E-state index in [2.05, 4.69) is 16.9 Å². The summed E-state index contributed by atoms with van der Waals surface area (Å²) >= 11 is 0. The fraction of sp³-hybridized carbons (Fsp3) is 0.500. The van der Waals surface area contributed by atoms with Crippen LogP contribution in [0.4, 0.5) is 4.39 Å². The zero-order chi connectivity index (χ0) is 20.6. The minimum atomic E-state index is -1.98. The second-order valence-corrected chi connectivity index (χ2v) is 7.30. The van der Waals surface area contributed by atoms with Crippen molar-refractivity contribution in [2.45, 2.75) is 50.5 Å². The van der Waals surface area contributed by atoms with Crippen LogP contribution in [0, 0.1) is 0 Å². The number of ether oxygens (including phenoxy) is 2. The first-order valence-electron chi connectivity index (χ1n) is 9.24. The molecule has 1 aromatic rings. The van der Waals surface area contributed by atoms with Gasteiger partial charge < -0.3 is 25.6 Å². The maximum Gasteiger partial charge on any atom is 0.258 e. The lowest BCUT2D eigenvalue weighted by Gasteiger charge is -2.29. The number of carbonyl (C=O) groups is 1. The molecule has 2 heterocycles. The number of halogens is 1. The molecule has 8 heteroatoms. The van der Waals surface area contributed by atoms with Crippen molar-refractivity contribution < 1.29 is 23.8 Å². The van der Waals surface area contributed by atoms with Crippen LogP contribution in [-0.2, 0) is 16.0 Å². The number of amides is 1. The van der Waals surface area contributed by atoms with E-state index in [-0.39, 0.29) is 19.1 Å². The van der Waals surface area contributed by atoms with Gasteiger partial charge in [-0.2, -0.15) is 0 Å². The lowest BCUT2D eigenvalue weighted by molar-refractivity contribution is -0.127. The first-order valence-corrected chi connectivity index (χ1v) is 9.24. The van der Waals surface area contributed by atoms with Crippen molar-refractivity contribution >= 4 is 17.5 Å². The number of aliphatic hydroxyl groups is 1. The Bertz CT molecular complexity index is 841. The van der Waals surface area contributed by atoms with Gasteiger partial charge >= 0.3 is 0 Å². The van der Waals surface area contributed by atoms with Gasteiger partial charge in [0.25, 0.3) is 5.91 Å². The third-order valence-corrected chi connectivity index (χ3v) is 5.40. The van der Waals surface area contributed by atoms with Gasteiger partial charge in [0.1, 0.15) is 18.0 Å². The number of fused-ring (bicyclic) bond motifs is 1. The Morgan fingerprint density at radius 2 is 2.25 bits per heavy atom. The smallest absolute Gasteiger partial charge is 0.258 e. The highest BCUT2D eigenvalue weighted by atomic mass is 19.1. The molecule has 0 aromatic heterocycles. The monoisotopic (exact) mass is 391 g/mol. The molecule has 28 heavy (non-hydrogen) atoms.